The SMILES string of the molecule is COc1ccc(Br)cc1NC(=O)c1cc(N)cc(Cl)c1. The summed E-state index contributed by atoms with van der Waals surface area (Å²) >= 11 is 9.24. The zero-order valence-electron chi connectivity index (χ0n) is 10.6. The molecule has 0 saturated heterocycles. The van der Waals surface area contributed by atoms with Crippen LogP contribution in [-0.2, 0) is 0 Å². The van der Waals surface area contributed by atoms with Crippen LogP contribution >= 0.6 is 27.5 Å². The van der Waals surface area contributed by atoms with Crippen LogP contribution in [-0.4, -0.2) is 13.0 Å². The number of hydrogen-bond donors (Lipinski definition) is 2. The van der Waals surface area contributed by atoms with Crippen molar-refractivity contribution in [2.75, 3.05) is 18.2 Å². The van der Waals surface area contributed by atoms with E-state index in [0.29, 0.717) is 27.7 Å². The van der Waals surface area contributed by atoms with E-state index in [2.05, 4.69) is 21.2 Å². The lowest BCUT2D eigenvalue weighted by molar-refractivity contribution is 0.102. The van der Waals surface area contributed by atoms with Crippen molar-refractivity contribution in [2.45, 2.75) is 0 Å². The summed E-state index contributed by atoms with van der Waals surface area (Å²) in [6.07, 6.45) is 0. The maximum atomic E-state index is 12.2. The Kier molecular flexibility index (Phi) is 4.52. The van der Waals surface area contributed by atoms with E-state index in [1.54, 1.807) is 30.3 Å². The second-order valence-electron chi connectivity index (χ2n) is 4.07. The van der Waals surface area contributed by atoms with Gasteiger partial charge in [-0.1, -0.05) is 27.5 Å². The molecule has 20 heavy (non-hydrogen) atoms. The molecule has 0 aliphatic heterocycles. The number of amides is 1. The standard InChI is InChI=1S/C14H12BrClN2O2/c1-20-13-3-2-9(15)6-12(13)18-14(19)8-4-10(16)7-11(17)5-8/h2-7H,17H2,1H3,(H,18,19). The van der Waals surface area contributed by atoms with Gasteiger partial charge < -0.3 is 15.8 Å². The summed E-state index contributed by atoms with van der Waals surface area (Å²) in [7, 11) is 1.54. The van der Waals surface area contributed by atoms with Gasteiger partial charge in [0.15, 0.2) is 0 Å². The molecule has 0 atom stereocenters. The number of nitrogens with two attached hydrogens (primary N) is 1. The molecule has 4 nitrogen and oxygen atoms in total. The zero-order chi connectivity index (χ0) is 14.7. The monoisotopic (exact) mass is 354 g/mol. The van der Waals surface area contributed by atoms with E-state index in [-0.39, 0.29) is 5.91 Å². The Balaban J connectivity index is 2.29. The fourth-order valence-corrected chi connectivity index (χ4v) is 2.32. The second-order valence-corrected chi connectivity index (χ2v) is 5.42. The Hall–Kier alpha value is -1.72. The first-order valence-corrected chi connectivity index (χ1v) is 6.87. The average Bonchev–Trinajstić information content (AvgIpc) is 2.37. The molecule has 1 amide bonds. The average molecular weight is 356 g/mol. The molecule has 0 heterocycles. The van der Waals surface area contributed by atoms with Gasteiger partial charge in [0.25, 0.3) is 5.91 Å². The van der Waals surface area contributed by atoms with E-state index in [1.165, 1.54) is 7.11 Å². The topological polar surface area (TPSA) is 64.3 Å². The molecule has 0 spiro atoms. The molecule has 0 unspecified atom stereocenters. The number of carbonyl (C=O) groups is 1. The molecule has 0 fully saturated rings. The molecule has 2 aromatic carbocycles. The van der Waals surface area contributed by atoms with Gasteiger partial charge >= 0.3 is 0 Å². The molecule has 0 aliphatic rings. The number of anilines is 2. The Labute approximate surface area is 130 Å². The van der Waals surface area contributed by atoms with Crippen molar-refractivity contribution in [3.8, 4) is 5.75 Å². The molecule has 2 aromatic rings. The van der Waals surface area contributed by atoms with Crippen molar-refractivity contribution in [1.29, 1.82) is 0 Å². The highest BCUT2D eigenvalue weighted by atomic mass is 79.9. The Morgan fingerprint density at radius 1 is 1.30 bits per heavy atom. The van der Waals surface area contributed by atoms with Crippen LogP contribution in [0.4, 0.5) is 11.4 Å². The highest BCUT2D eigenvalue weighted by Gasteiger charge is 2.11. The third-order valence-corrected chi connectivity index (χ3v) is 3.30. The van der Waals surface area contributed by atoms with E-state index in [4.69, 9.17) is 22.1 Å². The quantitative estimate of drug-likeness (QED) is 0.820. The fourth-order valence-electron chi connectivity index (χ4n) is 1.72. The van der Waals surface area contributed by atoms with Crippen molar-refractivity contribution in [2.24, 2.45) is 0 Å². The normalized spacial score (nSPS) is 10.2. The zero-order valence-corrected chi connectivity index (χ0v) is 13.0. The van der Waals surface area contributed by atoms with Gasteiger partial charge in [0.2, 0.25) is 0 Å². The number of rotatable bonds is 3. The number of hydrogen-bond acceptors (Lipinski definition) is 3. The molecule has 104 valence electrons. The molecular weight excluding hydrogens is 344 g/mol. The van der Waals surface area contributed by atoms with Crippen LogP contribution in [0.2, 0.25) is 5.02 Å². The van der Waals surface area contributed by atoms with Gasteiger partial charge in [-0.15, -0.1) is 0 Å². The predicted octanol–water partition coefficient (Wildman–Crippen LogP) is 3.95. The Bertz CT molecular complexity index is 641. The smallest absolute Gasteiger partial charge is 0.255 e. The lowest BCUT2D eigenvalue weighted by atomic mass is 10.2. The van der Waals surface area contributed by atoms with E-state index < -0.39 is 0 Å². The summed E-state index contributed by atoms with van der Waals surface area (Å²) in [6, 6.07) is 10.0. The number of methoxy groups -OCH3 is 1. The highest BCUT2D eigenvalue weighted by molar-refractivity contribution is 9.10. The van der Waals surface area contributed by atoms with Crippen molar-refractivity contribution in [3.05, 3.63) is 51.5 Å². The molecular formula is C14H12BrClN2O2. The van der Waals surface area contributed by atoms with E-state index in [9.17, 15) is 4.79 Å². The molecule has 2 rings (SSSR count). The number of ether oxygens (including phenoxy) is 1. The van der Waals surface area contributed by atoms with Crippen LogP contribution in [0.1, 0.15) is 10.4 Å². The third-order valence-electron chi connectivity index (χ3n) is 2.59. The first-order valence-electron chi connectivity index (χ1n) is 5.70. The number of halogens is 2. The van der Waals surface area contributed by atoms with Crippen LogP contribution in [0.3, 0.4) is 0 Å². The third kappa shape index (κ3) is 3.43. The van der Waals surface area contributed by atoms with Crippen LogP contribution in [0.25, 0.3) is 0 Å². The van der Waals surface area contributed by atoms with Crippen LogP contribution in [0, 0.1) is 0 Å². The van der Waals surface area contributed by atoms with Gasteiger partial charge in [0.1, 0.15) is 5.75 Å². The second kappa shape index (κ2) is 6.15. The maximum Gasteiger partial charge on any atom is 0.255 e. The molecule has 0 bridgehead atoms. The minimum absolute atomic E-state index is 0.310. The largest absolute Gasteiger partial charge is 0.495 e. The number of nitrogens with one attached hydrogen (secondary N) is 1. The lowest BCUT2D eigenvalue weighted by Gasteiger charge is -2.11. The van der Waals surface area contributed by atoms with Gasteiger partial charge in [0.05, 0.1) is 12.8 Å². The molecule has 0 aliphatic carbocycles. The lowest BCUT2D eigenvalue weighted by Crippen LogP contribution is -2.13. The highest BCUT2D eigenvalue weighted by Crippen LogP contribution is 2.28. The summed E-state index contributed by atoms with van der Waals surface area (Å²) < 4.78 is 6.03. The Morgan fingerprint density at radius 3 is 2.70 bits per heavy atom. The van der Waals surface area contributed by atoms with Crippen molar-refractivity contribution in [3.63, 3.8) is 0 Å². The maximum absolute atomic E-state index is 12.2. The van der Waals surface area contributed by atoms with Gasteiger partial charge in [-0.2, -0.15) is 0 Å². The van der Waals surface area contributed by atoms with E-state index in [0.717, 1.165) is 4.47 Å². The minimum Gasteiger partial charge on any atom is -0.495 e. The van der Waals surface area contributed by atoms with Gasteiger partial charge in [-0.3, -0.25) is 4.79 Å². The van der Waals surface area contributed by atoms with Crippen molar-refractivity contribution < 1.29 is 9.53 Å². The van der Waals surface area contributed by atoms with Crippen molar-refractivity contribution >= 4 is 44.8 Å². The first kappa shape index (κ1) is 14.7. The van der Waals surface area contributed by atoms with Crippen LogP contribution in [0.5, 0.6) is 5.75 Å². The minimum atomic E-state index is -0.310. The predicted molar refractivity (Wildman–Crippen MR) is 84.5 cm³/mol. The Morgan fingerprint density at radius 2 is 2.05 bits per heavy atom. The number of benzene rings is 2. The number of carbonyl (C=O) groups excluding carboxylic acids is 1. The number of nitrogen functional groups attached to an aromatic ring is 1. The van der Waals surface area contributed by atoms with Crippen molar-refractivity contribution in [1.82, 2.24) is 0 Å². The molecule has 0 radical (unpaired) electrons. The summed E-state index contributed by atoms with van der Waals surface area (Å²) in [6.45, 7) is 0. The summed E-state index contributed by atoms with van der Waals surface area (Å²) in [4.78, 5) is 12.2. The van der Waals surface area contributed by atoms with E-state index in [1.807, 2.05) is 6.07 Å². The first-order chi connectivity index (χ1) is 9.49. The van der Waals surface area contributed by atoms with Crippen LogP contribution < -0.4 is 15.8 Å². The fraction of sp³-hybridized carbons (Fsp3) is 0.0714. The van der Waals surface area contributed by atoms with E-state index >= 15 is 0 Å². The molecule has 0 saturated carbocycles. The summed E-state index contributed by atoms with van der Waals surface area (Å²) in [5.74, 6) is 0.257. The molecule has 6 heteroatoms. The van der Waals surface area contributed by atoms with Gasteiger partial charge in [-0.25, -0.2) is 0 Å². The van der Waals surface area contributed by atoms with Gasteiger partial charge in [-0.05, 0) is 36.4 Å². The summed E-state index contributed by atoms with van der Waals surface area (Å²) in [5.41, 5.74) is 7.06. The summed E-state index contributed by atoms with van der Waals surface area (Å²) in [5, 5.41) is 3.18. The molecule has 3 N–H and O–H groups in total. The van der Waals surface area contributed by atoms with Crippen LogP contribution in [0.15, 0.2) is 40.9 Å². The molecule has 0 aromatic heterocycles. The van der Waals surface area contributed by atoms with Gasteiger partial charge in [0, 0.05) is 20.7 Å².